The summed E-state index contributed by atoms with van der Waals surface area (Å²) in [6.45, 7) is 2.07. The van der Waals surface area contributed by atoms with Gasteiger partial charge in [0.1, 0.15) is 5.15 Å². The lowest BCUT2D eigenvalue weighted by Gasteiger charge is -1.97. The minimum Gasteiger partial charge on any atom is -0.298 e. The van der Waals surface area contributed by atoms with Crippen molar-refractivity contribution in [2.24, 2.45) is 0 Å². The zero-order valence-corrected chi connectivity index (χ0v) is 6.68. The molecule has 0 aliphatic rings. The topological polar surface area (TPSA) is 54.9 Å². The van der Waals surface area contributed by atoms with Crippen LogP contribution >= 0.6 is 11.6 Å². The first-order valence-electron chi connectivity index (χ1n) is 5.15. The van der Waals surface area contributed by atoms with Gasteiger partial charge in [0, 0.05) is 18.6 Å². The summed E-state index contributed by atoms with van der Waals surface area (Å²) in [7, 11) is 0. The number of halogens is 1. The van der Waals surface area contributed by atoms with Crippen LogP contribution in [-0.4, -0.2) is 9.55 Å². The van der Waals surface area contributed by atoms with Crippen molar-refractivity contribution >= 4 is 11.6 Å². The second-order valence-electron chi connectivity index (χ2n) is 2.00. The second kappa shape index (κ2) is 2.92. The van der Waals surface area contributed by atoms with E-state index in [1.54, 1.807) is 6.92 Å². The number of hydrogen-bond donors (Lipinski definition) is 1. The second-order valence-corrected chi connectivity index (χ2v) is 2.41. The molecule has 0 fully saturated rings. The number of H-pyrrole nitrogens is 1. The maximum atomic E-state index is 11.0. The Hall–Kier alpha value is -1.03. The van der Waals surface area contributed by atoms with E-state index >= 15 is 0 Å². The highest BCUT2D eigenvalue weighted by atomic mass is 35.5. The van der Waals surface area contributed by atoms with E-state index in [2.05, 4.69) is 4.98 Å². The van der Waals surface area contributed by atoms with Crippen LogP contribution in [0.3, 0.4) is 0 Å². The van der Waals surface area contributed by atoms with Crippen molar-refractivity contribution in [3.63, 3.8) is 0 Å². The number of hydrogen-bond acceptors (Lipinski definition) is 2. The van der Waals surface area contributed by atoms with Crippen LogP contribution in [0.15, 0.2) is 15.7 Å². The highest BCUT2D eigenvalue weighted by Crippen LogP contribution is 1.92. The zero-order valence-electron chi connectivity index (χ0n) is 9.93. The molecule has 64 valence electrons. The Morgan fingerprint density at radius 3 is 2.91 bits per heavy atom. The monoisotopic (exact) mass is 182 g/mol. The highest BCUT2D eigenvalue weighted by Gasteiger charge is 1.98. The summed E-state index contributed by atoms with van der Waals surface area (Å²) >= 11 is 5.41. The molecule has 1 aromatic heterocycles. The molecule has 0 aromatic carbocycles. The number of nitrogens with one attached hydrogen (secondary N) is 1. The minimum atomic E-state index is -0.468. The van der Waals surface area contributed by atoms with Gasteiger partial charge in [-0.15, -0.1) is 0 Å². The van der Waals surface area contributed by atoms with E-state index in [4.69, 9.17) is 17.5 Å². The summed E-state index contributed by atoms with van der Waals surface area (Å²) in [5.41, 5.74) is -0.841. The first-order valence-corrected chi connectivity index (χ1v) is 3.52. The average molecular weight is 183 g/mol. The Morgan fingerprint density at radius 1 is 1.82 bits per heavy atom. The fraction of sp³-hybridized carbons (Fsp3) is 0.333. The van der Waals surface area contributed by atoms with Crippen LogP contribution in [-0.2, 0) is 6.54 Å². The lowest BCUT2D eigenvalue weighted by atomic mass is 10.6. The highest BCUT2D eigenvalue weighted by molar-refractivity contribution is 6.29. The number of aromatic amines is 1. The van der Waals surface area contributed by atoms with Crippen LogP contribution in [0, 0.1) is 0 Å². The van der Waals surface area contributed by atoms with Crippen molar-refractivity contribution in [1.29, 1.82) is 0 Å². The van der Waals surface area contributed by atoms with Crippen LogP contribution in [0.25, 0.3) is 0 Å². The van der Waals surface area contributed by atoms with E-state index in [0.29, 0.717) is 6.54 Å². The van der Waals surface area contributed by atoms with Crippen molar-refractivity contribution < 1.29 is 5.94 Å². The molecule has 1 aromatic rings. The fourth-order valence-corrected chi connectivity index (χ4v) is 0.966. The first-order chi connectivity index (χ1) is 7.15. The normalized spacial score (nSPS) is 11.5. The van der Waals surface area contributed by atoms with Gasteiger partial charge in [0.05, 0.1) is 0 Å². The molecule has 4 nitrogen and oxygen atoms in total. The van der Waals surface area contributed by atoms with E-state index in [1.807, 2.05) is 0 Å². The summed E-state index contributed by atoms with van der Waals surface area (Å²) in [6.07, 6.45) is 0. The third-order valence-electron chi connectivity index (χ3n) is 1.30. The smallest absolute Gasteiger partial charge is 0.298 e. The van der Waals surface area contributed by atoms with Crippen LogP contribution in [0.5, 0.6) is 0 Å². The predicted octanol–water partition coefficient (Wildman–Crippen LogP) is 0.702. The quantitative estimate of drug-likeness (QED) is 0.651. The maximum absolute atomic E-state index is 11.0. The third kappa shape index (κ3) is 1.51. The summed E-state index contributed by atoms with van der Waals surface area (Å²) < 4.78 is 21.1. The molecule has 0 radical (unpaired) electrons. The Kier molecular flexibility index (Phi) is 1.49. The molecule has 0 saturated carbocycles. The van der Waals surface area contributed by atoms with Crippen molar-refractivity contribution in [3.05, 3.63) is 32.1 Å². The van der Waals surface area contributed by atoms with Gasteiger partial charge in [0.2, 0.25) is 0 Å². The van der Waals surface area contributed by atoms with E-state index in [-0.39, 0.29) is 10.7 Å². The van der Waals surface area contributed by atoms with Gasteiger partial charge in [-0.3, -0.25) is 14.3 Å². The molecule has 0 amide bonds. The fourth-order valence-electron chi connectivity index (χ4n) is 0.792. The molecule has 0 bridgehead atoms. The van der Waals surface area contributed by atoms with E-state index in [0.717, 1.165) is 4.57 Å². The van der Waals surface area contributed by atoms with Crippen LogP contribution in [0.2, 0.25) is 5.15 Å². The molecule has 0 atom stereocenters. The van der Waals surface area contributed by atoms with Gasteiger partial charge < -0.3 is 0 Å². The Morgan fingerprint density at radius 2 is 2.45 bits per heavy atom. The van der Waals surface area contributed by atoms with Crippen LogP contribution in [0.1, 0.15) is 12.9 Å². The van der Waals surface area contributed by atoms with E-state index < -0.39 is 5.69 Å². The van der Waals surface area contributed by atoms with Gasteiger partial charge in [-0.05, 0) is 6.92 Å². The van der Waals surface area contributed by atoms with Gasteiger partial charge in [0.15, 0.2) is 0 Å². The third-order valence-corrected chi connectivity index (χ3v) is 1.51. The summed E-state index contributed by atoms with van der Waals surface area (Å²) in [4.78, 5) is 24.2. The van der Waals surface area contributed by atoms with Gasteiger partial charge in [0.25, 0.3) is 5.56 Å². The maximum Gasteiger partial charge on any atom is 0.329 e. The summed E-state index contributed by atoms with van der Waals surface area (Å²) in [5, 5.41) is 0.0738. The molecule has 1 N–H and O–H groups in total. The molecular formula is C6H11ClN2O2. The minimum absolute atomic E-state index is 0.0738. The summed E-state index contributed by atoms with van der Waals surface area (Å²) in [6, 6.07) is 1.17. The van der Waals surface area contributed by atoms with Gasteiger partial charge in [-0.25, -0.2) is 4.79 Å². The van der Waals surface area contributed by atoms with Gasteiger partial charge >= 0.3 is 5.69 Å². The molecule has 0 spiro atoms. The molecule has 0 aliphatic heterocycles. The molecule has 1 rings (SSSR count). The number of rotatable bonds is 1. The lowest BCUT2D eigenvalue weighted by Crippen LogP contribution is -2.33. The predicted molar refractivity (Wildman–Crippen MR) is 46.2 cm³/mol. The molecule has 1 heterocycles. The van der Waals surface area contributed by atoms with Crippen molar-refractivity contribution in [2.75, 3.05) is 0 Å². The standard InChI is InChI=1S/C6H7ClN2O2.2H2/c1-2-9-5(10)3-4(7)8-6(9)11;;/h3H,2H2,1H3,(H,8,11);2*1H/i;2*1+1D. The van der Waals surface area contributed by atoms with Crippen LogP contribution < -0.4 is 11.2 Å². The summed E-state index contributed by atoms with van der Waals surface area (Å²) in [5.74, 6) is 0. The van der Waals surface area contributed by atoms with Crippen molar-refractivity contribution in [1.82, 2.24) is 9.55 Å². The zero-order chi connectivity index (χ0) is 12.4. The largest absolute Gasteiger partial charge is 0.329 e. The average Bonchev–Trinajstić information content (AvgIpc) is 2.23. The molecule has 0 unspecified atom stereocenters. The van der Waals surface area contributed by atoms with E-state index in [9.17, 15) is 9.59 Å². The molecule has 11 heavy (non-hydrogen) atoms. The Balaban J connectivity index is 0. The molecule has 0 aliphatic carbocycles. The Labute approximate surface area is 73.6 Å². The first kappa shape index (κ1) is 5.60. The number of aromatic nitrogens is 2. The molecular weight excluding hydrogens is 168 g/mol. The van der Waals surface area contributed by atoms with Gasteiger partial charge in [-0.2, -0.15) is 0 Å². The van der Waals surface area contributed by atoms with Crippen molar-refractivity contribution in [3.8, 4) is 0 Å². The number of nitrogens with zero attached hydrogens (tertiary/aromatic N) is 1. The lowest BCUT2D eigenvalue weighted by molar-refractivity contribution is 0.673. The van der Waals surface area contributed by atoms with E-state index in [1.165, 1.54) is 6.07 Å². The van der Waals surface area contributed by atoms with Crippen LogP contribution in [0.4, 0.5) is 0 Å². The molecule has 0 saturated heterocycles. The van der Waals surface area contributed by atoms with Gasteiger partial charge in [-0.1, -0.05) is 11.6 Å². The van der Waals surface area contributed by atoms with Crippen molar-refractivity contribution in [2.45, 2.75) is 13.5 Å². The Bertz CT molecular complexity index is 347. The SMILES string of the molecule is CCn1c(=O)cc(Cl)[nH]c1=O.[2H][2H].[2H][2H]. The molecule has 5 heteroatoms.